The summed E-state index contributed by atoms with van der Waals surface area (Å²) in [6, 6.07) is 10.9. The van der Waals surface area contributed by atoms with Crippen molar-refractivity contribution in [1.29, 1.82) is 0 Å². The van der Waals surface area contributed by atoms with Crippen molar-refractivity contribution in [3.8, 4) is 0 Å². The Kier molecular flexibility index (Phi) is 6.24. The number of halogens is 1. The summed E-state index contributed by atoms with van der Waals surface area (Å²) in [5.74, 6) is -2.07. The van der Waals surface area contributed by atoms with E-state index in [0.29, 0.717) is 15.9 Å². The minimum absolute atomic E-state index is 0.0150. The zero-order valence-electron chi connectivity index (χ0n) is 15.6. The van der Waals surface area contributed by atoms with Gasteiger partial charge in [0.25, 0.3) is 0 Å². The number of rotatable bonds is 4. The van der Waals surface area contributed by atoms with Crippen molar-refractivity contribution in [1.82, 2.24) is 0 Å². The van der Waals surface area contributed by atoms with Gasteiger partial charge in [-0.25, -0.2) is 4.90 Å². The maximum atomic E-state index is 12.8. The molecule has 0 bridgehead atoms. The fraction of sp³-hybridized carbons (Fsp3) is 0.200. The summed E-state index contributed by atoms with van der Waals surface area (Å²) in [7, 11) is 1.59. The monoisotopic (exact) mass is 430 g/mol. The molecule has 0 aromatic heterocycles. The predicted molar refractivity (Wildman–Crippen MR) is 112 cm³/mol. The maximum absolute atomic E-state index is 12.8. The molecule has 0 aliphatic carbocycles. The van der Waals surface area contributed by atoms with Crippen LogP contribution in [0.3, 0.4) is 0 Å². The first-order chi connectivity index (χ1) is 13.8. The van der Waals surface area contributed by atoms with Gasteiger partial charge in [0, 0.05) is 24.2 Å². The zero-order chi connectivity index (χ0) is 21.1. The molecule has 1 aliphatic rings. The topological polar surface area (TPSA) is 102 Å². The average Bonchev–Trinajstić information content (AvgIpc) is 2.97. The number of carboxylic acids is 1. The van der Waals surface area contributed by atoms with Crippen LogP contribution in [0.1, 0.15) is 22.3 Å². The number of carbonyl (C=O) groups excluding carboxylic acids is 3. The molecule has 2 aromatic carbocycles. The maximum Gasteiger partial charge on any atom is 0.247 e. The lowest BCUT2D eigenvalue weighted by atomic mass is 10.2. The summed E-state index contributed by atoms with van der Waals surface area (Å²) >= 11 is 7.29. The molecule has 0 unspecified atom stereocenters. The quantitative estimate of drug-likeness (QED) is 0.454. The number of imide groups is 1. The number of nitrogens with zero attached hydrogens (tertiary/aromatic N) is 2. The van der Waals surface area contributed by atoms with Crippen LogP contribution in [-0.2, 0) is 9.59 Å². The van der Waals surface area contributed by atoms with Crippen molar-refractivity contribution < 1.29 is 19.5 Å². The Morgan fingerprint density at radius 2 is 1.93 bits per heavy atom. The molecule has 1 N–H and O–H groups in total. The molecule has 1 aliphatic heterocycles. The highest BCUT2D eigenvalue weighted by molar-refractivity contribution is 8.15. The van der Waals surface area contributed by atoms with E-state index in [1.54, 1.807) is 13.1 Å². The highest BCUT2D eigenvalue weighted by atomic mass is 35.5. The molecule has 2 aromatic rings. The lowest BCUT2D eigenvalue weighted by Gasteiger charge is -2.16. The Morgan fingerprint density at radius 1 is 1.24 bits per heavy atom. The van der Waals surface area contributed by atoms with Crippen LogP contribution in [0.4, 0.5) is 11.4 Å². The third kappa shape index (κ3) is 4.60. The molecular formula is C20H17ClN3O4S-. The van der Waals surface area contributed by atoms with Crippen LogP contribution in [0.25, 0.3) is 0 Å². The second kappa shape index (κ2) is 8.67. The van der Waals surface area contributed by atoms with Crippen molar-refractivity contribution in [2.75, 3.05) is 17.3 Å². The highest BCUT2D eigenvalue weighted by Crippen LogP contribution is 2.31. The van der Waals surface area contributed by atoms with Crippen LogP contribution in [0.15, 0.2) is 47.5 Å². The Labute approximate surface area is 176 Å². The molecule has 0 radical (unpaired) electrons. The molecule has 3 rings (SSSR count). The molecule has 0 spiro atoms. The van der Waals surface area contributed by atoms with Crippen molar-refractivity contribution in [3.05, 3.63) is 58.6 Å². The van der Waals surface area contributed by atoms with Crippen LogP contribution < -0.4 is 15.3 Å². The standard InChI is InChI=1S/C20H18ClN3O4S/c1-11-3-6-13(9-15(11)21)23-20(22-2)29-16-10-17(25)24(18(16)26)14-7-4-12(5-8-14)19(27)28/h3-9,16H,10H2,1-2H3,(H,22,23)(H,27,28)/p-1/t16-/m0/s1. The first-order valence-corrected chi connectivity index (χ1v) is 9.90. The van der Waals surface area contributed by atoms with Gasteiger partial charge < -0.3 is 15.2 Å². The van der Waals surface area contributed by atoms with Gasteiger partial charge in [0.1, 0.15) is 5.25 Å². The minimum Gasteiger partial charge on any atom is -0.545 e. The number of aryl methyl sites for hydroxylation is 1. The van der Waals surface area contributed by atoms with Crippen LogP contribution >= 0.6 is 23.4 Å². The van der Waals surface area contributed by atoms with Crippen molar-refractivity contribution in [3.63, 3.8) is 0 Å². The molecule has 1 fully saturated rings. The smallest absolute Gasteiger partial charge is 0.247 e. The second-order valence-electron chi connectivity index (χ2n) is 6.33. The largest absolute Gasteiger partial charge is 0.545 e. The second-order valence-corrected chi connectivity index (χ2v) is 7.93. The van der Waals surface area contributed by atoms with Gasteiger partial charge in [-0.2, -0.15) is 0 Å². The molecular weight excluding hydrogens is 414 g/mol. The number of hydrogen-bond acceptors (Lipinski definition) is 6. The van der Waals surface area contributed by atoms with E-state index in [0.717, 1.165) is 27.9 Å². The number of nitrogens with one attached hydrogen (secondary N) is 1. The molecule has 1 heterocycles. The first kappa shape index (κ1) is 20.9. The molecule has 1 atom stereocenters. The van der Waals surface area contributed by atoms with E-state index in [4.69, 9.17) is 11.6 Å². The van der Waals surface area contributed by atoms with Gasteiger partial charge in [0.2, 0.25) is 11.8 Å². The number of thioether (sulfide) groups is 1. The summed E-state index contributed by atoms with van der Waals surface area (Å²) < 4.78 is 0. The van der Waals surface area contributed by atoms with Gasteiger partial charge in [0.05, 0.1) is 11.7 Å². The van der Waals surface area contributed by atoms with E-state index in [2.05, 4.69) is 10.3 Å². The SMILES string of the molecule is CN=C(Nc1ccc(C)c(Cl)c1)S[C@H]1CC(=O)N(c2ccc(C(=O)[O-])cc2)C1=O. The van der Waals surface area contributed by atoms with E-state index in [9.17, 15) is 19.5 Å². The van der Waals surface area contributed by atoms with Gasteiger partial charge in [-0.3, -0.25) is 14.6 Å². The molecule has 9 heteroatoms. The molecule has 2 amide bonds. The number of carboxylic acid groups (broad SMARTS) is 1. The average molecular weight is 431 g/mol. The third-order valence-corrected chi connectivity index (χ3v) is 5.91. The van der Waals surface area contributed by atoms with Crippen LogP contribution in [0, 0.1) is 6.92 Å². The fourth-order valence-corrected chi connectivity index (χ4v) is 3.95. The van der Waals surface area contributed by atoms with Gasteiger partial charge in [-0.15, -0.1) is 0 Å². The molecule has 7 nitrogen and oxygen atoms in total. The number of aromatic carboxylic acids is 1. The Hall–Kier alpha value is -2.84. The van der Waals surface area contributed by atoms with Gasteiger partial charge in [-0.1, -0.05) is 41.6 Å². The number of aliphatic imine (C=N–C) groups is 1. The summed E-state index contributed by atoms with van der Waals surface area (Å²) in [6.07, 6.45) is 0.0150. The minimum atomic E-state index is -1.32. The Morgan fingerprint density at radius 3 is 2.52 bits per heavy atom. The Balaban J connectivity index is 1.72. The fourth-order valence-electron chi connectivity index (χ4n) is 2.78. The van der Waals surface area contributed by atoms with Gasteiger partial charge in [0.15, 0.2) is 5.17 Å². The number of carbonyl (C=O) groups is 3. The number of benzene rings is 2. The van der Waals surface area contributed by atoms with Crippen LogP contribution in [0.2, 0.25) is 5.02 Å². The van der Waals surface area contributed by atoms with E-state index in [1.165, 1.54) is 24.3 Å². The van der Waals surface area contributed by atoms with Crippen molar-refractivity contribution in [2.45, 2.75) is 18.6 Å². The normalized spacial score (nSPS) is 17.0. The summed E-state index contributed by atoms with van der Waals surface area (Å²) in [5, 5.41) is 14.4. The third-order valence-electron chi connectivity index (χ3n) is 4.35. The molecule has 0 saturated carbocycles. The summed E-state index contributed by atoms with van der Waals surface area (Å²) in [5.41, 5.74) is 1.96. The predicted octanol–water partition coefficient (Wildman–Crippen LogP) is 2.47. The van der Waals surface area contributed by atoms with Gasteiger partial charge >= 0.3 is 0 Å². The van der Waals surface area contributed by atoms with Crippen molar-refractivity contribution in [2.24, 2.45) is 4.99 Å². The molecule has 1 saturated heterocycles. The molecule has 29 heavy (non-hydrogen) atoms. The van der Waals surface area contributed by atoms with E-state index in [1.807, 2.05) is 19.1 Å². The number of anilines is 2. The lowest BCUT2D eigenvalue weighted by Crippen LogP contribution is -2.32. The zero-order valence-corrected chi connectivity index (χ0v) is 17.2. The summed E-state index contributed by atoms with van der Waals surface area (Å²) in [6.45, 7) is 1.90. The Bertz CT molecular complexity index is 1010. The summed E-state index contributed by atoms with van der Waals surface area (Å²) in [4.78, 5) is 41.3. The first-order valence-electron chi connectivity index (χ1n) is 8.65. The van der Waals surface area contributed by atoms with Gasteiger partial charge in [-0.05, 0) is 42.3 Å². The lowest BCUT2D eigenvalue weighted by molar-refractivity contribution is -0.255. The number of amidine groups is 1. The molecule has 150 valence electrons. The van der Waals surface area contributed by atoms with Crippen molar-refractivity contribution >= 4 is 57.7 Å². The van der Waals surface area contributed by atoms with Crippen LogP contribution in [0.5, 0.6) is 0 Å². The van der Waals surface area contributed by atoms with E-state index in [-0.39, 0.29) is 23.8 Å². The van der Waals surface area contributed by atoms with Crippen LogP contribution in [-0.4, -0.2) is 35.2 Å². The van der Waals surface area contributed by atoms with E-state index >= 15 is 0 Å². The highest BCUT2D eigenvalue weighted by Gasteiger charge is 2.40. The van der Waals surface area contributed by atoms with E-state index < -0.39 is 11.2 Å². The number of amides is 2. The number of hydrogen-bond donors (Lipinski definition) is 1.